The molecule has 1 atom stereocenters. The molecule has 1 aromatic carbocycles. The molecule has 4 nitrogen and oxygen atoms in total. The number of nitrogens with one attached hydrogen (secondary N) is 1. The van der Waals surface area contributed by atoms with Gasteiger partial charge in [0.05, 0.1) is 0 Å². The largest absolute Gasteiger partial charge is 0.354 e. The first kappa shape index (κ1) is 17.2. The maximum atomic E-state index is 12.1. The summed E-state index contributed by atoms with van der Waals surface area (Å²) in [7, 11) is 0. The number of benzene rings is 1. The van der Waals surface area contributed by atoms with E-state index in [4.69, 9.17) is 0 Å². The van der Waals surface area contributed by atoms with Gasteiger partial charge in [0.2, 0.25) is 11.8 Å². The third-order valence-electron chi connectivity index (χ3n) is 3.49. The van der Waals surface area contributed by atoms with Gasteiger partial charge in [-0.1, -0.05) is 43.7 Å². The molecular weight excluding hydrogens is 264 g/mol. The van der Waals surface area contributed by atoms with Crippen LogP contribution in [0.5, 0.6) is 0 Å². The number of amides is 2. The van der Waals surface area contributed by atoms with Gasteiger partial charge in [-0.2, -0.15) is 0 Å². The van der Waals surface area contributed by atoms with E-state index in [2.05, 4.69) is 5.32 Å². The lowest BCUT2D eigenvalue weighted by Crippen LogP contribution is -2.47. The number of hydrogen-bond donors (Lipinski definition) is 1. The van der Waals surface area contributed by atoms with Gasteiger partial charge in [0.1, 0.15) is 6.04 Å². The average Bonchev–Trinajstić information content (AvgIpc) is 2.50. The summed E-state index contributed by atoms with van der Waals surface area (Å²) in [5.74, 6) is -0.0968. The lowest BCUT2D eigenvalue weighted by atomic mass is 10.1. The minimum atomic E-state index is -0.453. The van der Waals surface area contributed by atoms with Crippen molar-refractivity contribution in [2.75, 3.05) is 6.54 Å². The molecule has 4 heteroatoms. The van der Waals surface area contributed by atoms with Crippen molar-refractivity contribution in [1.29, 1.82) is 0 Å². The average molecular weight is 290 g/mol. The van der Waals surface area contributed by atoms with Gasteiger partial charge in [-0.25, -0.2) is 0 Å². The predicted octanol–water partition coefficient (Wildman–Crippen LogP) is 2.65. The summed E-state index contributed by atoms with van der Waals surface area (Å²) in [6, 6.07) is 7.59. The third-order valence-corrected chi connectivity index (χ3v) is 3.49. The van der Waals surface area contributed by atoms with Gasteiger partial charge in [0.15, 0.2) is 0 Å². The van der Waals surface area contributed by atoms with Crippen LogP contribution >= 0.6 is 0 Å². The van der Waals surface area contributed by atoms with E-state index in [-0.39, 0.29) is 11.8 Å². The van der Waals surface area contributed by atoms with Gasteiger partial charge >= 0.3 is 0 Å². The highest BCUT2D eigenvalue weighted by Gasteiger charge is 2.24. The standard InChI is InChI=1S/C17H26N2O2/c1-5-11-18-17(21)14(4)19(16(20)6-2)12-15-9-7-13(3)8-10-15/h7-10,14H,5-6,11-12H2,1-4H3,(H,18,21)/t14-/m0/s1. The van der Waals surface area contributed by atoms with Crippen LogP contribution in [-0.2, 0) is 16.1 Å². The Morgan fingerprint density at radius 1 is 1.19 bits per heavy atom. The Labute approximate surface area is 127 Å². The Hall–Kier alpha value is -1.84. The fraction of sp³-hybridized carbons (Fsp3) is 0.529. The quantitative estimate of drug-likeness (QED) is 0.839. The maximum absolute atomic E-state index is 12.1. The van der Waals surface area contributed by atoms with Gasteiger partial charge in [-0.05, 0) is 25.8 Å². The zero-order chi connectivity index (χ0) is 15.8. The normalized spacial score (nSPS) is 11.8. The van der Waals surface area contributed by atoms with Crippen molar-refractivity contribution >= 4 is 11.8 Å². The molecule has 0 aliphatic heterocycles. The molecule has 21 heavy (non-hydrogen) atoms. The first-order valence-electron chi connectivity index (χ1n) is 7.62. The molecule has 0 saturated heterocycles. The number of nitrogens with zero attached hydrogens (tertiary/aromatic N) is 1. The van der Waals surface area contributed by atoms with Crippen LogP contribution in [0.15, 0.2) is 24.3 Å². The van der Waals surface area contributed by atoms with Crippen molar-refractivity contribution in [3.63, 3.8) is 0 Å². The highest BCUT2D eigenvalue weighted by molar-refractivity contribution is 5.87. The van der Waals surface area contributed by atoms with E-state index in [1.165, 1.54) is 5.56 Å². The van der Waals surface area contributed by atoms with Crippen molar-refractivity contribution in [2.24, 2.45) is 0 Å². The highest BCUT2D eigenvalue weighted by Crippen LogP contribution is 2.11. The summed E-state index contributed by atoms with van der Waals surface area (Å²) >= 11 is 0. The predicted molar refractivity (Wildman–Crippen MR) is 84.8 cm³/mol. The first-order valence-corrected chi connectivity index (χ1v) is 7.62. The van der Waals surface area contributed by atoms with E-state index in [9.17, 15) is 9.59 Å². The van der Waals surface area contributed by atoms with Gasteiger partial charge in [0.25, 0.3) is 0 Å². The Morgan fingerprint density at radius 2 is 1.81 bits per heavy atom. The molecule has 1 rings (SSSR count). The van der Waals surface area contributed by atoms with Crippen LogP contribution in [0.2, 0.25) is 0 Å². The van der Waals surface area contributed by atoms with Gasteiger partial charge < -0.3 is 10.2 Å². The van der Waals surface area contributed by atoms with E-state index in [1.54, 1.807) is 11.8 Å². The Bertz CT molecular complexity index is 468. The molecule has 1 N–H and O–H groups in total. The molecule has 1 aromatic rings. The molecule has 0 aromatic heterocycles. The molecule has 0 spiro atoms. The fourth-order valence-electron chi connectivity index (χ4n) is 2.07. The minimum absolute atomic E-state index is 0.00489. The molecule has 116 valence electrons. The smallest absolute Gasteiger partial charge is 0.242 e. The first-order chi connectivity index (χ1) is 9.99. The number of rotatable bonds is 7. The summed E-state index contributed by atoms with van der Waals surface area (Å²) in [5.41, 5.74) is 2.22. The molecule has 0 radical (unpaired) electrons. The van der Waals surface area contributed by atoms with Crippen molar-refractivity contribution in [1.82, 2.24) is 10.2 Å². The number of hydrogen-bond acceptors (Lipinski definition) is 2. The zero-order valence-electron chi connectivity index (χ0n) is 13.5. The van der Waals surface area contributed by atoms with E-state index < -0.39 is 6.04 Å². The Morgan fingerprint density at radius 3 is 2.33 bits per heavy atom. The topological polar surface area (TPSA) is 49.4 Å². The number of carbonyl (C=O) groups excluding carboxylic acids is 2. The van der Waals surface area contributed by atoms with Crippen molar-refractivity contribution in [3.8, 4) is 0 Å². The zero-order valence-corrected chi connectivity index (χ0v) is 13.5. The molecule has 0 unspecified atom stereocenters. The van der Waals surface area contributed by atoms with E-state index in [0.717, 1.165) is 12.0 Å². The van der Waals surface area contributed by atoms with E-state index in [1.807, 2.05) is 45.0 Å². The van der Waals surface area contributed by atoms with Crippen LogP contribution in [0.3, 0.4) is 0 Å². The summed E-state index contributed by atoms with van der Waals surface area (Å²) in [5, 5.41) is 2.85. The van der Waals surface area contributed by atoms with Crippen LogP contribution in [-0.4, -0.2) is 29.3 Å². The lowest BCUT2D eigenvalue weighted by Gasteiger charge is -2.28. The second kappa shape index (κ2) is 8.45. The monoisotopic (exact) mass is 290 g/mol. The van der Waals surface area contributed by atoms with Crippen LogP contribution in [0.25, 0.3) is 0 Å². The summed E-state index contributed by atoms with van der Waals surface area (Å²) in [6.45, 7) is 8.75. The van der Waals surface area contributed by atoms with Crippen LogP contribution in [0, 0.1) is 6.92 Å². The lowest BCUT2D eigenvalue weighted by molar-refractivity contribution is -0.140. The van der Waals surface area contributed by atoms with Gasteiger partial charge in [0, 0.05) is 19.5 Å². The second-order valence-corrected chi connectivity index (χ2v) is 5.33. The van der Waals surface area contributed by atoms with Gasteiger partial charge in [-0.15, -0.1) is 0 Å². The molecular formula is C17H26N2O2. The van der Waals surface area contributed by atoms with E-state index in [0.29, 0.717) is 19.5 Å². The SMILES string of the molecule is CCCNC(=O)[C@H](C)N(Cc1ccc(C)cc1)C(=O)CC. The van der Waals surface area contributed by atoms with Crippen molar-refractivity contribution < 1.29 is 9.59 Å². The van der Waals surface area contributed by atoms with Gasteiger partial charge in [-0.3, -0.25) is 9.59 Å². The van der Waals surface area contributed by atoms with Crippen molar-refractivity contribution in [3.05, 3.63) is 35.4 Å². The molecule has 0 aliphatic carbocycles. The molecule has 0 fully saturated rings. The second-order valence-electron chi connectivity index (χ2n) is 5.33. The van der Waals surface area contributed by atoms with E-state index >= 15 is 0 Å². The number of carbonyl (C=O) groups is 2. The summed E-state index contributed by atoms with van der Waals surface area (Å²) in [4.78, 5) is 25.9. The van der Waals surface area contributed by atoms with Crippen LogP contribution in [0.4, 0.5) is 0 Å². The van der Waals surface area contributed by atoms with Crippen LogP contribution in [0.1, 0.15) is 44.7 Å². The fourth-order valence-corrected chi connectivity index (χ4v) is 2.07. The maximum Gasteiger partial charge on any atom is 0.242 e. The Kier molecular flexibility index (Phi) is 6.92. The molecule has 0 heterocycles. The minimum Gasteiger partial charge on any atom is -0.354 e. The molecule has 2 amide bonds. The Balaban J connectivity index is 2.82. The third kappa shape index (κ3) is 5.21. The van der Waals surface area contributed by atoms with Crippen molar-refractivity contribution in [2.45, 2.75) is 53.1 Å². The molecule has 0 aliphatic rings. The molecule has 0 bridgehead atoms. The number of aryl methyl sites for hydroxylation is 1. The highest BCUT2D eigenvalue weighted by atomic mass is 16.2. The summed E-state index contributed by atoms with van der Waals surface area (Å²) in [6.07, 6.45) is 1.29. The molecule has 0 saturated carbocycles. The summed E-state index contributed by atoms with van der Waals surface area (Å²) < 4.78 is 0. The van der Waals surface area contributed by atoms with Crippen LogP contribution < -0.4 is 5.32 Å².